The van der Waals surface area contributed by atoms with Gasteiger partial charge in [0.05, 0.1) is 0 Å². The van der Waals surface area contributed by atoms with Crippen molar-refractivity contribution in [1.82, 2.24) is 10.6 Å². The van der Waals surface area contributed by atoms with E-state index >= 15 is 0 Å². The van der Waals surface area contributed by atoms with Crippen LogP contribution in [0, 0.1) is 5.41 Å². The number of hydrogen-bond acceptors (Lipinski definition) is 2. The Morgan fingerprint density at radius 3 is 2.22 bits per heavy atom. The zero-order valence-electron chi connectivity index (χ0n) is 12.7. The third kappa shape index (κ3) is 4.27. The van der Waals surface area contributed by atoms with Gasteiger partial charge >= 0.3 is 0 Å². The molecule has 0 aliphatic heterocycles. The molecule has 3 heteroatoms. The monoisotopic (exact) mass is 254 g/mol. The summed E-state index contributed by atoms with van der Waals surface area (Å²) in [5.74, 6) is 0.189. The Morgan fingerprint density at radius 2 is 1.78 bits per heavy atom. The minimum Gasteiger partial charge on any atom is -0.353 e. The highest BCUT2D eigenvalue weighted by atomic mass is 16.1. The lowest BCUT2D eigenvalue weighted by atomic mass is 9.79. The maximum absolute atomic E-state index is 12.2. The molecule has 1 fully saturated rings. The highest BCUT2D eigenvalue weighted by molar-refractivity contribution is 5.77. The maximum Gasteiger partial charge on any atom is 0.222 e. The topological polar surface area (TPSA) is 41.1 Å². The average molecular weight is 254 g/mol. The molecule has 18 heavy (non-hydrogen) atoms. The van der Waals surface area contributed by atoms with Crippen LogP contribution >= 0.6 is 0 Å². The molecule has 3 nitrogen and oxygen atoms in total. The van der Waals surface area contributed by atoms with Crippen LogP contribution in [0.5, 0.6) is 0 Å². The van der Waals surface area contributed by atoms with Crippen LogP contribution in [0.25, 0.3) is 0 Å². The SMILES string of the molecule is CNC1(CC(=O)NC(C)C(C)(C)C)CCCCC1. The van der Waals surface area contributed by atoms with Crippen molar-refractivity contribution in [3.63, 3.8) is 0 Å². The van der Waals surface area contributed by atoms with Gasteiger partial charge in [-0.1, -0.05) is 40.0 Å². The second kappa shape index (κ2) is 6.05. The number of rotatable bonds is 4. The fraction of sp³-hybridized carbons (Fsp3) is 0.933. The summed E-state index contributed by atoms with van der Waals surface area (Å²) in [6, 6.07) is 0.211. The van der Waals surface area contributed by atoms with Gasteiger partial charge in [-0.3, -0.25) is 4.79 Å². The zero-order chi connectivity index (χ0) is 13.8. The van der Waals surface area contributed by atoms with Gasteiger partial charge < -0.3 is 10.6 Å². The molecule has 1 atom stereocenters. The Balaban J connectivity index is 2.52. The molecule has 0 aromatic carbocycles. The quantitative estimate of drug-likeness (QED) is 0.810. The van der Waals surface area contributed by atoms with Gasteiger partial charge in [0.1, 0.15) is 0 Å². The van der Waals surface area contributed by atoms with Crippen molar-refractivity contribution < 1.29 is 4.79 Å². The first-order valence-corrected chi connectivity index (χ1v) is 7.27. The number of amides is 1. The fourth-order valence-electron chi connectivity index (χ4n) is 2.56. The maximum atomic E-state index is 12.2. The molecule has 0 aromatic heterocycles. The van der Waals surface area contributed by atoms with Gasteiger partial charge in [0.15, 0.2) is 0 Å². The summed E-state index contributed by atoms with van der Waals surface area (Å²) in [6.45, 7) is 8.57. The van der Waals surface area contributed by atoms with Crippen LogP contribution in [-0.2, 0) is 4.79 Å². The van der Waals surface area contributed by atoms with Crippen LogP contribution in [0.15, 0.2) is 0 Å². The van der Waals surface area contributed by atoms with E-state index < -0.39 is 0 Å². The van der Waals surface area contributed by atoms with E-state index in [0.717, 1.165) is 12.8 Å². The molecule has 2 N–H and O–H groups in total. The normalized spacial score (nSPS) is 21.4. The van der Waals surface area contributed by atoms with Gasteiger partial charge in [0.2, 0.25) is 5.91 Å². The first kappa shape index (κ1) is 15.5. The Hall–Kier alpha value is -0.570. The molecule has 1 saturated carbocycles. The zero-order valence-corrected chi connectivity index (χ0v) is 12.7. The summed E-state index contributed by atoms with van der Waals surface area (Å²) in [5.41, 5.74) is 0.162. The smallest absolute Gasteiger partial charge is 0.222 e. The predicted molar refractivity (Wildman–Crippen MR) is 76.6 cm³/mol. The summed E-state index contributed by atoms with van der Waals surface area (Å²) in [6.07, 6.45) is 6.65. The van der Waals surface area contributed by atoms with E-state index in [1.165, 1.54) is 19.3 Å². The molecule has 106 valence electrons. The van der Waals surface area contributed by atoms with Crippen LogP contribution in [-0.4, -0.2) is 24.5 Å². The number of carbonyl (C=O) groups excluding carboxylic acids is 1. The fourth-order valence-corrected chi connectivity index (χ4v) is 2.56. The molecule has 1 rings (SSSR count). The predicted octanol–water partition coefficient (Wildman–Crippen LogP) is 2.85. The second-order valence-corrected chi connectivity index (χ2v) is 6.92. The van der Waals surface area contributed by atoms with Crippen molar-refractivity contribution >= 4 is 5.91 Å². The molecule has 1 aliphatic carbocycles. The Bertz CT molecular complexity index is 275. The van der Waals surface area contributed by atoms with Gasteiger partial charge in [-0.25, -0.2) is 0 Å². The summed E-state index contributed by atoms with van der Waals surface area (Å²) in [7, 11) is 1.99. The summed E-state index contributed by atoms with van der Waals surface area (Å²) in [5, 5.41) is 6.55. The van der Waals surface area contributed by atoms with Gasteiger partial charge in [-0.05, 0) is 32.2 Å². The molecular weight excluding hydrogens is 224 g/mol. The molecule has 0 aromatic rings. The first-order valence-electron chi connectivity index (χ1n) is 7.27. The van der Waals surface area contributed by atoms with E-state index in [4.69, 9.17) is 0 Å². The summed E-state index contributed by atoms with van der Waals surface area (Å²) < 4.78 is 0. The number of hydrogen-bond donors (Lipinski definition) is 2. The van der Waals surface area contributed by atoms with E-state index in [2.05, 4.69) is 38.3 Å². The van der Waals surface area contributed by atoms with Crippen molar-refractivity contribution in [2.75, 3.05) is 7.05 Å². The molecule has 0 bridgehead atoms. The Labute approximate surface area is 112 Å². The molecule has 1 aliphatic rings. The van der Waals surface area contributed by atoms with E-state index in [-0.39, 0.29) is 22.9 Å². The summed E-state index contributed by atoms with van der Waals surface area (Å²) >= 11 is 0. The van der Waals surface area contributed by atoms with Crippen LogP contribution in [0.3, 0.4) is 0 Å². The average Bonchev–Trinajstić information content (AvgIpc) is 2.28. The van der Waals surface area contributed by atoms with Crippen molar-refractivity contribution in [3.8, 4) is 0 Å². The highest BCUT2D eigenvalue weighted by Crippen LogP contribution is 2.31. The molecular formula is C15H30N2O. The molecule has 1 amide bonds. The largest absolute Gasteiger partial charge is 0.353 e. The highest BCUT2D eigenvalue weighted by Gasteiger charge is 2.33. The third-order valence-corrected chi connectivity index (χ3v) is 4.52. The lowest BCUT2D eigenvalue weighted by Crippen LogP contribution is -2.50. The van der Waals surface area contributed by atoms with Crippen LogP contribution < -0.4 is 10.6 Å². The van der Waals surface area contributed by atoms with E-state index in [9.17, 15) is 4.79 Å². The third-order valence-electron chi connectivity index (χ3n) is 4.52. The van der Waals surface area contributed by atoms with Gasteiger partial charge in [-0.2, -0.15) is 0 Å². The molecule has 1 unspecified atom stereocenters. The Morgan fingerprint density at radius 1 is 1.22 bits per heavy atom. The molecule has 0 saturated heterocycles. The van der Waals surface area contributed by atoms with E-state index in [1.54, 1.807) is 0 Å². The Kier molecular flexibility index (Phi) is 5.20. The molecule has 0 heterocycles. The first-order chi connectivity index (χ1) is 8.29. The minimum atomic E-state index is 0.0416. The van der Waals surface area contributed by atoms with E-state index in [0.29, 0.717) is 6.42 Å². The van der Waals surface area contributed by atoms with Crippen molar-refractivity contribution in [2.24, 2.45) is 5.41 Å². The van der Waals surface area contributed by atoms with Gasteiger partial charge in [0.25, 0.3) is 0 Å². The van der Waals surface area contributed by atoms with Crippen LogP contribution in [0.4, 0.5) is 0 Å². The summed E-state index contributed by atoms with van der Waals surface area (Å²) in [4.78, 5) is 12.2. The molecule has 0 spiro atoms. The van der Waals surface area contributed by atoms with Crippen molar-refractivity contribution in [2.45, 2.75) is 77.8 Å². The molecule has 0 radical (unpaired) electrons. The second-order valence-electron chi connectivity index (χ2n) is 6.92. The van der Waals surface area contributed by atoms with Crippen molar-refractivity contribution in [1.29, 1.82) is 0 Å². The van der Waals surface area contributed by atoms with Gasteiger partial charge in [0, 0.05) is 18.0 Å². The van der Waals surface area contributed by atoms with Gasteiger partial charge in [-0.15, -0.1) is 0 Å². The van der Waals surface area contributed by atoms with Crippen LogP contribution in [0.2, 0.25) is 0 Å². The van der Waals surface area contributed by atoms with Crippen LogP contribution in [0.1, 0.15) is 66.2 Å². The lowest BCUT2D eigenvalue weighted by molar-refractivity contribution is -0.124. The van der Waals surface area contributed by atoms with E-state index in [1.807, 2.05) is 7.05 Å². The number of nitrogens with one attached hydrogen (secondary N) is 2. The lowest BCUT2D eigenvalue weighted by Gasteiger charge is -2.37. The minimum absolute atomic E-state index is 0.0416. The van der Waals surface area contributed by atoms with Crippen molar-refractivity contribution in [3.05, 3.63) is 0 Å². The standard InChI is InChI=1S/C15H30N2O/c1-12(14(2,3)4)17-13(18)11-15(16-5)9-7-6-8-10-15/h12,16H,6-11H2,1-5H3,(H,17,18). The number of carbonyl (C=O) groups is 1.